The van der Waals surface area contributed by atoms with Crippen molar-refractivity contribution in [2.45, 2.75) is 142 Å². The van der Waals surface area contributed by atoms with Gasteiger partial charge in [0.2, 0.25) is 0 Å². The highest BCUT2D eigenvalue weighted by atomic mass is 16.5. The van der Waals surface area contributed by atoms with Crippen LogP contribution in [0.3, 0.4) is 0 Å². The van der Waals surface area contributed by atoms with Crippen LogP contribution in [0.4, 0.5) is 0 Å². The summed E-state index contributed by atoms with van der Waals surface area (Å²) >= 11 is 0. The Morgan fingerprint density at radius 3 is 2.07 bits per heavy atom. The van der Waals surface area contributed by atoms with Crippen LogP contribution in [0.2, 0.25) is 0 Å². The van der Waals surface area contributed by atoms with Gasteiger partial charge in [-0.15, -0.1) is 0 Å². The third-order valence-electron chi connectivity index (χ3n) is 8.75. The fourth-order valence-corrected chi connectivity index (χ4v) is 6.80. The van der Waals surface area contributed by atoms with Crippen LogP contribution < -0.4 is 0 Å². The van der Waals surface area contributed by atoms with E-state index in [2.05, 4.69) is 13.8 Å². The van der Waals surface area contributed by atoms with Crippen LogP contribution in [0.15, 0.2) is 0 Å². The van der Waals surface area contributed by atoms with Gasteiger partial charge in [0.15, 0.2) is 0 Å². The smallest absolute Gasteiger partial charge is 0.312 e. The molecule has 168 valence electrons. The second kappa shape index (κ2) is 11.8. The summed E-state index contributed by atoms with van der Waals surface area (Å²) in [5.74, 6) is 2.89. The zero-order valence-electron chi connectivity index (χ0n) is 19.6. The molecule has 0 aliphatic heterocycles. The summed E-state index contributed by atoms with van der Waals surface area (Å²) < 4.78 is 6.20. The van der Waals surface area contributed by atoms with Crippen LogP contribution in [0.1, 0.15) is 136 Å². The quantitative estimate of drug-likeness (QED) is 0.286. The molecule has 0 unspecified atom stereocenters. The van der Waals surface area contributed by atoms with Crippen molar-refractivity contribution in [3.05, 3.63) is 0 Å². The molecule has 0 aromatic heterocycles. The van der Waals surface area contributed by atoms with Crippen LogP contribution in [0.25, 0.3) is 0 Å². The van der Waals surface area contributed by atoms with Crippen molar-refractivity contribution in [1.82, 2.24) is 0 Å². The van der Waals surface area contributed by atoms with Gasteiger partial charge in [-0.3, -0.25) is 4.79 Å². The summed E-state index contributed by atoms with van der Waals surface area (Å²) in [6.45, 7) is 4.52. The third kappa shape index (κ3) is 6.47. The number of carbonyl (C=O) groups is 1. The molecular weight excluding hydrogens is 356 g/mol. The van der Waals surface area contributed by atoms with E-state index in [1.165, 1.54) is 83.5 Å². The molecule has 0 atom stereocenters. The van der Waals surface area contributed by atoms with Crippen LogP contribution in [-0.2, 0) is 9.53 Å². The minimum Gasteiger partial charge on any atom is -0.462 e. The summed E-state index contributed by atoms with van der Waals surface area (Å²) in [4.78, 5) is 13.3. The second-order valence-electron chi connectivity index (χ2n) is 10.8. The molecule has 0 aromatic carbocycles. The molecule has 0 heterocycles. The van der Waals surface area contributed by atoms with E-state index in [9.17, 15) is 4.79 Å². The van der Waals surface area contributed by atoms with Gasteiger partial charge in [0.1, 0.15) is 6.10 Å². The first-order valence-electron chi connectivity index (χ1n) is 13.4. The van der Waals surface area contributed by atoms with Crippen molar-refractivity contribution in [3.8, 4) is 0 Å². The summed E-state index contributed by atoms with van der Waals surface area (Å²) in [7, 11) is 0. The largest absolute Gasteiger partial charge is 0.462 e. The van der Waals surface area contributed by atoms with Crippen molar-refractivity contribution in [2.24, 2.45) is 23.2 Å². The molecule has 0 saturated heterocycles. The molecule has 0 spiro atoms. The number of hydrogen-bond acceptors (Lipinski definition) is 2. The second-order valence-corrected chi connectivity index (χ2v) is 10.8. The van der Waals surface area contributed by atoms with E-state index < -0.39 is 0 Å². The Hall–Kier alpha value is -0.530. The van der Waals surface area contributed by atoms with E-state index >= 15 is 0 Å². The fourth-order valence-electron chi connectivity index (χ4n) is 6.80. The number of ether oxygens (including phenoxy) is 1. The van der Waals surface area contributed by atoms with E-state index in [0.717, 1.165) is 56.3 Å². The predicted octanol–water partition coefficient (Wildman–Crippen LogP) is 8.23. The molecule has 0 amide bonds. The predicted molar refractivity (Wildman–Crippen MR) is 122 cm³/mol. The van der Waals surface area contributed by atoms with Crippen molar-refractivity contribution in [1.29, 1.82) is 0 Å². The van der Waals surface area contributed by atoms with Gasteiger partial charge < -0.3 is 4.74 Å². The van der Waals surface area contributed by atoms with E-state index in [1.54, 1.807) is 0 Å². The first-order valence-corrected chi connectivity index (χ1v) is 13.4. The molecule has 0 aromatic rings. The molecule has 3 saturated carbocycles. The first-order chi connectivity index (χ1) is 14.2. The Kier molecular flexibility index (Phi) is 9.38. The van der Waals surface area contributed by atoms with Gasteiger partial charge in [0, 0.05) is 0 Å². The number of hydrogen-bond donors (Lipinski definition) is 0. The highest BCUT2D eigenvalue weighted by Crippen LogP contribution is 2.48. The zero-order valence-corrected chi connectivity index (χ0v) is 19.6. The Morgan fingerprint density at radius 2 is 1.45 bits per heavy atom. The average Bonchev–Trinajstić information content (AvgIpc) is 2.76. The fraction of sp³-hybridized carbons (Fsp3) is 0.963. The molecule has 0 bridgehead atoms. The van der Waals surface area contributed by atoms with Gasteiger partial charge in [-0.05, 0) is 75.5 Å². The lowest BCUT2D eigenvalue weighted by Gasteiger charge is -2.42. The molecule has 3 aliphatic rings. The van der Waals surface area contributed by atoms with E-state index in [4.69, 9.17) is 4.74 Å². The maximum absolute atomic E-state index is 13.3. The number of esters is 1. The minimum atomic E-state index is -0.155. The summed E-state index contributed by atoms with van der Waals surface area (Å²) in [5.41, 5.74) is -0.155. The zero-order chi connectivity index (χ0) is 20.5. The molecule has 0 radical (unpaired) electrons. The normalized spacial score (nSPS) is 34.1. The average molecular weight is 405 g/mol. The molecule has 3 rings (SSSR count). The maximum atomic E-state index is 13.3. The lowest BCUT2D eigenvalue weighted by atomic mass is 9.64. The highest BCUT2D eigenvalue weighted by Gasteiger charge is 2.44. The van der Waals surface area contributed by atoms with Crippen molar-refractivity contribution in [3.63, 3.8) is 0 Å². The van der Waals surface area contributed by atoms with Crippen LogP contribution in [0.5, 0.6) is 0 Å². The Balaban J connectivity index is 1.46. The summed E-state index contributed by atoms with van der Waals surface area (Å²) in [5, 5.41) is 0. The lowest BCUT2D eigenvalue weighted by Crippen LogP contribution is -2.40. The Bertz CT molecular complexity index is 463. The van der Waals surface area contributed by atoms with Crippen molar-refractivity contribution >= 4 is 5.97 Å². The molecule has 0 N–H and O–H groups in total. The highest BCUT2D eigenvalue weighted by molar-refractivity contribution is 5.77. The topological polar surface area (TPSA) is 26.3 Å². The Morgan fingerprint density at radius 1 is 0.793 bits per heavy atom. The van der Waals surface area contributed by atoms with E-state index in [-0.39, 0.29) is 17.5 Å². The van der Waals surface area contributed by atoms with Gasteiger partial charge in [-0.1, -0.05) is 78.1 Å². The maximum Gasteiger partial charge on any atom is 0.312 e. The molecule has 2 heteroatoms. The first kappa shape index (κ1) is 23.1. The third-order valence-corrected chi connectivity index (χ3v) is 8.75. The van der Waals surface area contributed by atoms with Crippen molar-refractivity contribution < 1.29 is 9.53 Å². The van der Waals surface area contributed by atoms with Crippen LogP contribution >= 0.6 is 0 Å². The SMILES string of the molecule is CCCCCC1CCC(OC(=O)C2(CCC)CCC(C3CCCCC3)CC2)CC1. The summed E-state index contributed by atoms with van der Waals surface area (Å²) in [6.07, 6.45) is 24.5. The van der Waals surface area contributed by atoms with Gasteiger partial charge in [0.05, 0.1) is 5.41 Å². The van der Waals surface area contributed by atoms with Gasteiger partial charge >= 0.3 is 5.97 Å². The van der Waals surface area contributed by atoms with Gasteiger partial charge in [0.25, 0.3) is 0 Å². The molecule has 3 aliphatic carbocycles. The van der Waals surface area contributed by atoms with Gasteiger partial charge in [-0.25, -0.2) is 0 Å². The monoisotopic (exact) mass is 404 g/mol. The van der Waals surface area contributed by atoms with Crippen molar-refractivity contribution in [2.75, 3.05) is 0 Å². The lowest BCUT2D eigenvalue weighted by molar-refractivity contribution is -0.167. The Labute approximate surface area is 180 Å². The molecule has 29 heavy (non-hydrogen) atoms. The molecule has 3 fully saturated rings. The number of rotatable bonds is 9. The molecule has 2 nitrogen and oxygen atoms in total. The van der Waals surface area contributed by atoms with Gasteiger partial charge in [-0.2, -0.15) is 0 Å². The number of carbonyl (C=O) groups excluding carboxylic acids is 1. The van der Waals surface area contributed by atoms with E-state index in [0.29, 0.717) is 0 Å². The standard InChI is InChI=1S/C27H48O2/c1-3-5-7-10-22-13-15-25(16-14-22)29-26(28)27(19-4-2)20-17-24(18-21-27)23-11-8-6-9-12-23/h22-25H,3-21H2,1-2H3. The number of unbranched alkanes of at least 4 members (excludes halogenated alkanes) is 2. The van der Waals surface area contributed by atoms with E-state index in [1.807, 2.05) is 0 Å². The summed E-state index contributed by atoms with van der Waals surface area (Å²) in [6, 6.07) is 0. The van der Waals surface area contributed by atoms with Crippen LogP contribution in [0, 0.1) is 23.2 Å². The van der Waals surface area contributed by atoms with Crippen LogP contribution in [-0.4, -0.2) is 12.1 Å². The minimum absolute atomic E-state index is 0.155. The molecular formula is C27H48O2.